The Morgan fingerprint density at radius 2 is 2.00 bits per heavy atom. The molecule has 0 saturated carbocycles. The van der Waals surface area contributed by atoms with E-state index in [0.717, 1.165) is 28.9 Å². The highest BCUT2D eigenvalue weighted by Crippen LogP contribution is 2.39. The van der Waals surface area contributed by atoms with Gasteiger partial charge in [0.1, 0.15) is 13.2 Å². The predicted octanol–water partition coefficient (Wildman–Crippen LogP) is 4.51. The Labute approximate surface area is 139 Å². The molecule has 3 heterocycles. The summed E-state index contributed by atoms with van der Waals surface area (Å²) in [7, 11) is 0. The Bertz CT molecular complexity index is 672. The van der Waals surface area contributed by atoms with Crippen LogP contribution in [0.25, 0.3) is 0 Å². The Morgan fingerprint density at radius 3 is 2.82 bits per heavy atom. The van der Waals surface area contributed by atoms with Gasteiger partial charge in [-0.25, -0.2) is 0 Å². The Balaban J connectivity index is 1.55. The van der Waals surface area contributed by atoms with Crippen LogP contribution in [0.4, 0.5) is 0 Å². The van der Waals surface area contributed by atoms with Crippen molar-refractivity contribution >= 4 is 22.9 Å². The molecule has 1 atom stereocenters. The van der Waals surface area contributed by atoms with E-state index >= 15 is 0 Å². The third kappa shape index (κ3) is 2.83. The maximum absolute atomic E-state index is 6.05. The van der Waals surface area contributed by atoms with Crippen LogP contribution in [-0.2, 0) is 6.54 Å². The SMILES string of the molecule is Clc1ccc(CN2CCCC2c2ccc3c(c2)OCCO3)s1. The molecule has 0 amide bonds. The first-order valence-electron chi connectivity index (χ1n) is 7.67. The average Bonchev–Trinajstić information content (AvgIpc) is 3.16. The van der Waals surface area contributed by atoms with Gasteiger partial charge in [-0.2, -0.15) is 0 Å². The number of benzene rings is 1. The van der Waals surface area contributed by atoms with E-state index in [1.165, 1.54) is 23.3 Å². The second-order valence-corrected chi connectivity index (χ2v) is 7.54. The van der Waals surface area contributed by atoms with Crippen molar-refractivity contribution in [2.24, 2.45) is 0 Å². The minimum Gasteiger partial charge on any atom is -0.486 e. The number of likely N-dealkylation sites (tertiary alicyclic amines) is 1. The quantitative estimate of drug-likeness (QED) is 0.823. The van der Waals surface area contributed by atoms with Crippen LogP contribution in [-0.4, -0.2) is 24.7 Å². The van der Waals surface area contributed by atoms with Crippen molar-refractivity contribution in [2.45, 2.75) is 25.4 Å². The van der Waals surface area contributed by atoms with E-state index in [4.69, 9.17) is 21.1 Å². The molecule has 1 aromatic carbocycles. The predicted molar refractivity (Wildman–Crippen MR) is 89.1 cm³/mol. The maximum Gasteiger partial charge on any atom is 0.161 e. The summed E-state index contributed by atoms with van der Waals surface area (Å²) in [5, 5.41) is 0. The van der Waals surface area contributed by atoms with Crippen LogP contribution in [0.15, 0.2) is 30.3 Å². The van der Waals surface area contributed by atoms with Crippen LogP contribution < -0.4 is 9.47 Å². The summed E-state index contributed by atoms with van der Waals surface area (Å²) in [6.07, 6.45) is 2.43. The van der Waals surface area contributed by atoms with Crippen LogP contribution >= 0.6 is 22.9 Å². The third-order valence-electron chi connectivity index (χ3n) is 4.30. The van der Waals surface area contributed by atoms with Gasteiger partial charge in [-0.05, 0) is 49.2 Å². The number of fused-ring (bicyclic) bond motifs is 1. The molecule has 0 N–H and O–H groups in total. The van der Waals surface area contributed by atoms with Crippen LogP contribution in [0.1, 0.15) is 29.3 Å². The Hall–Kier alpha value is -1.23. The molecule has 1 fully saturated rings. The number of halogens is 1. The fourth-order valence-corrected chi connectivity index (χ4v) is 4.41. The number of nitrogens with zero attached hydrogens (tertiary/aromatic N) is 1. The number of thiophene rings is 1. The molecule has 0 bridgehead atoms. The lowest BCUT2D eigenvalue weighted by Gasteiger charge is -2.26. The molecule has 0 spiro atoms. The number of rotatable bonds is 3. The summed E-state index contributed by atoms with van der Waals surface area (Å²) >= 11 is 7.72. The van der Waals surface area contributed by atoms with Crippen LogP contribution in [0, 0.1) is 0 Å². The molecule has 0 radical (unpaired) electrons. The van der Waals surface area contributed by atoms with Gasteiger partial charge in [0.25, 0.3) is 0 Å². The Morgan fingerprint density at radius 1 is 1.14 bits per heavy atom. The zero-order valence-electron chi connectivity index (χ0n) is 12.3. The zero-order chi connectivity index (χ0) is 14.9. The molecule has 22 heavy (non-hydrogen) atoms. The first-order chi connectivity index (χ1) is 10.8. The maximum atomic E-state index is 6.05. The standard InChI is InChI=1S/C17H18ClNO2S/c18-17-6-4-13(22-17)11-19-7-1-2-14(19)12-3-5-15-16(10-12)21-9-8-20-15/h3-6,10,14H,1-2,7-9,11H2. The molecular weight excluding hydrogens is 318 g/mol. The first kappa shape index (κ1) is 14.4. The van der Waals surface area contributed by atoms with Gasteiger partial charge in [0.2, 0.25) is 0 Å². The monoisotopic (exact) mass is 335 g/mol. The summed E-state index contributed by atoms with van der Waals surface area (Å²) in [6, 6.07) is 10.9. The van der Waals surface area contributed by atoms with Crippen LogP contribution in [0.2, 0.25) is 4.34 Å². The normalized spacial score (nSPS) is 21.2. The van der Waals surface area contributed by atoms with Gasteiger partial charge < -0.3 is 9.47 Å². The van der Waals surface area contributed by atoms with Crippen molar-refractivity contribution in [3.05, 3.63) is 45.1 Å². The highest BCUT2D eigenvalue weighted by molar-refractivity contribution is 7.16. The van der Waals surface area contributed by atoms with Gasteiger partial charge in [0.15, 0.2) is 11.5 Å². The van der Waals surface area contributed by atoms with Gasteiger partial charge in [-0.15, -0.1) is 11.3 Å². The van der Waals surface area contributed by atoms with Gasteiger partial charge in [0, 0.05) is 17.5 Å². The highest BCUT2D eigenvalue weighted by Gasteiger charge is 2.27. The van der Waals surface area contributed by atoms with Gasteiger partial charge in [-0.1, -0.05) is 17.7 Å². The fraction of sp³-hybridized carbons (Fsp3) is 0.412. The summed E-state index contributed by atoms with van der Waals surface area (Å²) < 4.78 is 12.2. The van der Waals surface area contributed by atoms with E-state index in [0.29, 0.717) is 19.3 Å². The number of hydrogen-bond donors (Lipinski definition) is 0. The number of ether oxygens (including phenoxy) is 2. The first-order valence-corrected chi connectivity index (χ1v) is 8.87. The van der Waals surface area contributed by atoms with Crippen molar-refractivity contribution in [3.63, 3.8) is 0 Å². The molecule has 5 heteroatoms. The van der Waals surface area contributed by atoms with E-state index in [9.17, 15) is 0 Å². The van der Waals surface area contributed by atoms with Crippen molar-refractivity contribution in [3.8, 4) is 11.5 Å². The highest BCUT2D eigenvalue weighted by atomic mass is 35.5. The van der Waals surface area contributed by atoms with E-state index in [-0.39, 0.29) is 0 Å². The van der Waals surface area contributed by atoms with Gasteiger partial charge >= 0.3 is 0 Å². The van der Waals surface area contributed by atoms with Gasteiger partial charge in [-0.3, -0.25) is 4.90 Å². The van der Waals surface area contributed by atoms with Crippen LogP contribution in [0.5, 0.6) is 11.5 Å². The van der Waals surface area contributed by atoms with Crippen molar-refractivity contribution in [1.29, 1.82) is 0 Å². The lowest BCUT2D eigenvalue weighted by atomic mass is 10.0. The number of hydrogen-bond acceptors (Lipinski definition) is 4. The van der Waals surface area contributed by atoms with E-state index in [1.54, 1.807) is 11.3 Å². The van der Waals surface area contributed by atoms with Gasteiger partial charge in [0.05, 0.1) is 4.34 Å². The lowest BCUT2D eigenvalue weighted by Crippen LogP contribution is -2.22. The Kier molecular flexibility index (Phi) is 3.99. The molecule has 1 unspecified atom stereocenters. The molecule has 1 saturated heterocycles. The summed E-state index contributed by atoms with van der Waals surface area (Å²) in [5.74, 6) is 1.75. The molecule has 0 aliphatic carbocycles. The molecule has 4 rings (SSSR count). The molecule has 2 aromatic rings. The largest absolute Gasteiger partial charge is 0.486 e. The minimum atomic E-state index is 0.455. The van der Waals surface area contributed by atoms with E-state index < -0.39 is 0 Å². The fourth-order valence-electron chi connectivity index (χ4n) is 3.30. The molecule has 2 aliphatic rings. The summed E-state index contributed by atoms with van der Waals surface area (Å²) in [6.45, 7) is 3.38. The second-order valence-electron chi connectivity index (χ2n) is 5.74. The third-order valence-corrected chi connectivity index (χ3v) is 5.52. The van der Waals surface area contributed by atoms with E-state index in [2.05, 4.69) is 23.1 Å². The molecule has 3 nitrogen and oxygen atoms in total. The van der Waals surface area contributed by atoms with E-state index in [1.807, 2.05) is 12.1 Å². The average molecular weight is 336 g/mol. The minimum absolute atomic E-state index is 0.455. The van der Waals surface area contributed by atoms with Crippen molar-refractivity contribution < 1.29 is 9.47 Å². The topological polar surface area (TPSA) is 21.7 Å². The molecule has 116 valence electrons. The van der Waals surface area contributed by atoms with Crippen molar-refractivity contribution in [2.75, 3.05) is 19.8 Å². The van der Waals surface area contributed by atoms with Crippen molar-refractivity contribution in [1.82, 2.24) is 4.90 Å². The molecule has 2 aliphatic heterocycles. The van der Waals surface area contributed by atoms with Crippen LogP contribution in [0.3, 0.4) is 0 Å². The summed E-state index contributed by atoms with van der Waals surface area (Å²) in [5.41, 5.74) is 1.32. The molecular formula is C17H18ClNO2S. The summed E-state index contributed by atoms with van der Waals surface area (Å²) in [4.78, 5) is 3.86. The smallest absolute Gasteiger partial charge is 0.161 e. The molecule has 1 aromatic heterocycles. The zero-order valence-corrected chi connectivity index (χ0v) is 13.8. The second kappa shape index (κ2) is 6.11. The lowest BCUT2D eigenvalue weighted by molar-refractivity contribution is 0.170.